The molecule has 0 radical (unpaired) electrons. The van der Waals surface area contributed by atoms with Gasteiger partial charge in [-0.2, -0.15) is 0 Å². The largest absolute Gasteiger partial charge is 0.389 e. The maximum Gasteiger partial charge on any atom is 0.0700 e. The van der Waals surface area contributed by atoms with Crippen molar-refractivity contribution in [3.8, 4) is 0 Å². The first-order chi connectivity index (χ1) is 7.18. The van der Waals surface area contributed by atoms with Gasteiger partial charge in [0.1, 0.15) is 0 Å². The molecule has 0 bridgehead atoms. The second-order valence-electron chi connectivity index (χ2n) is 4.71. The molecule has 82 valence electrons. The lowest BCUT2D eigenvalue weighted by Crippen LogP contribution is -2.38. The molecule has 1 aromatic rings. The summed E-state index contributed by atoms with van der Waals surface area (Å²) in [7, 11) is 0. The van der Waals surface area contributed by atoms with E-state index in [1.165, 1.54) is 5.56 Å². The molecule has 2 heteroatoms. The molecule has 1 heterocycles. The summed E-state index contributed by atoms with van der Waals surface area (Å²) in [6, 6.07) is 10.2. The van der Waals surface area contributed by atoms with Crippen LogP contribution >= 0.6 is 0 Å². The second kappa shape index (κ2) is 4.33. The summed E-state index contributed by atoms with van der Waals surface area (Å²) in [6.45, 7) is 3.94. The van der Waals surface area contributed by atoms with Gasteiger partial charge < -0.3 is 10.4 Å². The lowest BCUT2D eigenvalue weighted by Gasteiger charge is -2.29. The van der Waals surface area contributed by atoms with Crippen molar-refractivity contribution in [3.63, 3.8) is 0 Å². The fraction of sp³-hybridized carbons (Fsp3) is 0.538. The fourth-order valence-electron chi connectivity index (χ4n) is 2.34. The molecule has 0 amide bonds. The highest BCUT2D eigenvalue weighted by molar-refractivity contribution is 5.17. The predicted molar refractivity (Wildman–Crippen MR) is 61.7 cm³/mol. The predicted octanol–water partition coefficient (Wildman–Crippen LogP) is 1.59. The number of hydrogen-bond donors (Lipinski definition) is 2. The van der Waals surface area contributed by atoms with Gasteiger partial charge in [-0.15, -0.1) is 0 Å². The van der Waals surface area contributed by atoms with Crippen molar-refractivity contribution in [2.75, 3.05) is 13.1 Å². The topological polar surface area (TPSA) is 32.3 Å². The van der Waals surface area contributed by atoms with Gasteiger partial charge in [0.15, 0.2) is 0 Å². The van der Waals surface area contributed by atoms with Crippen LogP contribution in [-0.2, 0) is 6.42 Å². The molecule has 1 saturated heterocycles. The molecule has 0 aromatic heterocycles. The molecular weight excluding hydrogens is 186 g/mol. The smallest absolute Gasteiger partial charge is 0.0700 e. The summed E-state index contributed by atoms with van der Waals surface area (Å²) in [5.41, 5.74) is 0.639. The first-order valence-corrected chi connectivity index (χ1v) is 5.65. The Hall–Kier alpha value is -0.860. The Morgan fingerprint density at radius 1 is 1.40 bits per heavy atom. The molecule has 15 heavy (non-hydrogen) atoms. The van der Waals surface area contributed by atoms with Gasteiger partial charge in [-0.3, -0.25) is 0 Å². The first-order valence-electron chi connectivity index (χ1n) is 5.65. The van der Waals surface area contributed by atoms with Crippen LogP contribution in [0.4, 0.5) is 0 Å². The summed E-state index contributed by atoms with van der Waals surface area (Å²) in [6.07, 6.45) is 1.83. The standard InChI is InChI=1S/C13H19NO/c1-13(15,12-7-8-14-10-12)9-11-5-3-2-4-6-11/h2-6,12,14-15H,7-10H2,1H3. The van der Waals surface area contributed by atoms with Crippen LogP contribution in [0.5, 0.6) is 0 Å². The van der Waals surface area contributed by atoms with Crippen LogP contribution in [0.3, 0.4) is 0 Å². The minimum atomic E-state index is -0.579. The Labute approximate surface area is 91.3 Å². The van der Waals surface area contributed by atoms with E-state index in [1.54, 1.807) is 0 Å². The van der Waals surface area contributed by atoms with Gasteiger partial charge in [-0.05, 0) is 25.5 Å². The summed E-state index contributed by atoms with van der Waals surface area (Å²) in [5, 5.41) is 13.7. The van der Waals surface area contributed by atoms with E-state index in [4.69, 9.17) is 0 Å². The number of aliphatic hydroxyl groups is 1. The zero-order chi connectivity index (χ0) is 10.7. The average Bonchev–Trinajstić information content (AvgIpc) is 2.71. The molecule has 2 atom stereocenters. The lowest BCUT2D eigenvalue weighted by molar-refractivity contribution is 0.00727. The van der Waals surface area contributed by atoms with Crippen molar-refractivity contribution in [1.82, 2.24) is 5.32 Å². The monoisotopic (exact) mass is 205 g/mol. The van der Waals surface area contributed by atoms with Gasteiger partial charge >= 0.3 is 0 Å². The Morgan fingerprint density at radius 2 is 2.13 bits per heavy atom. The number of hydrogen-bond acceptors (Lipinski definition) is 2. The van der Waals surface area contributed by atoms with Crippen LogP contribution in [-0.4, -0.2) is 23.8 Å². The van der Waals surface area contributed by atoms with Crippen LogP contribution in [0.1, 0.15) is 18.9 Å². The van der Waals surface area contributed by atoms with E-state index in [0.717, 1.165) is 25.9 Å². The minimum absolute atomic E-state index is 0.387. The van der Waals surface area contributed by atoms with Crippen molar-refractivity contribution in [2.45, 2.75) is 25.4 Å². The molecule has 1 aliphatic heterocycles. The SMILES string of the molecule is CC(O)(Cc1ccccc1)C1CCNC1. The van der Waals surface area contributed by atoms with Crippen molar-refractivity contribution >= 4 is 0 Å². The molecule has 0 spiro atoms. The van der Waals surface area contributed by atoms with Crippen LogP contribution in [0.2, 0.25) is 0 Å². The van der Waals surface area contributed by atoms with E-state index in [1.807, 2.05) is 25.1 Å². The molecule has 2 N–H and O–H groups in total. The van der Waals surface area contributed by atoms with Crippen molar-refractivity contribution in [3.05, 3.63) is 35.9 Å². The molecule has 0 saturated carbocycles. The van der Waals surface area contributed by atoms with Gasteiger partial charge in [0.05, 0.1) is 5.60 Å². The lowest BCUT2D eigenvalue weighted by atomic mass is 9.83. The summed E-state index contributed by atoms with van der Waals surface area (Å²) in [5.74, 6) is 0.387. The van der Waals surface area contributed by atoms with Crippen molar-refractivity contribution in [1.29, 1.82) is 0 Å². The molecule has 1 aliphatic rings. The fourth-order valence-corrected chi connectivity index (χ4v) is 2.34. The molecule has 2 nitrogen and oxygen atoms in total. The van der Waals surface area contributed by atoms with E-state index in [9.17, 15) is 5.11 Å². The number of nitrogens with one attached hydrogen (secondary N) is 1. The first kappa shape index (κ1) is 10.7. The molecular formula is C13H19NO. The number of rotatable bonds is 3. The van der Waals surface area contributed by atoms with Crippen LogP contribution in [0.25, 0.3) is 0 Å². The maximum atomic E-state index is 10.4. The van der Waals surface area contributed by atoms with Gasteiger partial charge in [-0.1, -0.05) is 30.3 Å². The Balaban J connectivity index is 2.03. The van der Waals surface area contributed by atoms with Crippen LogP contribution < -0.4 is 5.32 Å². The zero-order valence-electron chi connectivity index (χ0n) is 9.24. The van der Waals surface area contributed by atoms with Gasteiger partial charge in [0, 0.05) is 18.9 Å². The van der Waals surface area contributed by atoms with Crippen molar-refractivity contribution in [2.24, 2.45) is 5.92 Å². The van der Waals surface area contributed by atoms with E-state index in [2.05, 4.69) is 17.4 Å². The highest BCUT2D eigenvalue weighted by Crippen LogP contribution is 2.26. The van der Waals surface area contributed by atoms with Crippen molar-refractivity contribution < 1.29 is 5.11 Å². The Morgan fingerprint density at radius 3 is 2.73 bits per heavy atom. The third-order valence-corrected chi connectivity index (χ3v) is 3.34. The zero-order valence-corrected chi connectivity index (χ0v) is 9.24. The highest BCUT2D eigenvalue weighted by atomic mass is 16.3. The molecule has 0 aliphatic carbocycles. The normalized spacial score (nSPS) is 25.1. The average molecular weight is 205 g/mol. The molecule has 1 fully saturated rings. The van der Waals surface area contributed by atoms with Crippen LogP contribution in [0.15, 0.2) is 30.3 Å². The summed E-state index contributed by atoms with van der Waals surface area (Å²) >= 11 is 0. The summed E-state index contributed by atoms with van der Waals surface area (Å²) in [4.78, 5) is 0. The minimum Gasteiger partial charge on any atom is -0.389 e. The van der Waals surface area contributed by atoms with E-state index >= 15 is 0 Å². The Kier molecular flexibility index (Phi) is 3.08. The quantitative estimate of drug-likeness (QED) is 0.785. The van der Waals surface area contributed by atoms with Gasteiger partial charge in [0.2, 0.25) is 0 Å². The second-order valence-corrected chi connectivity index (χ2v) is 4.71. The highest BCUT2D eigenvalue weighted by Gasteiger charge is 2.33. The maximum absolute atomic E-state index is 10.4. The van der Waals surface area contributed by atoms with Gasteiger partial charge in [0.25, 0.3) is 0 Å². The number of benzene rings is 1. The third kappa shape index (κ3) is 2.58. The van der Waals surface area contributed by atoms with E-state index < -0.39 is 5.60 Å². The molecule has 2 rings (SSSR count). The molecule has 1 aromatic carbocycles. The summed E-state index contributed by atoms with van der Waals surface area (Å²) < 4.78 is 0. The van der Waals surface area contributed by atoms with Gasteiger partial charge in [-0.25, -0.2) is 0 Å². The van der Waals surface area contributed by atoms with E-state index in [-0.39, 0.29) is 0 Å². The Bertz CT molecular complexity index is 302. The van der Waals surface area contributed by atoms with E-state index in [0.29, 0.717) is 5.92 Å². The van der Waals surface area contributed by atoms with Crippen LogP contribution in [0, 0.1) is 5.92 Å². The molecule has 2 unspecified atom stereocenters. The third-order valence-electron chi connectivity index (χ3n) is 3.34.